The van der Waals surface area contributed by atoms with E-state index < -0.39 is 17.4 Å². The molecule has 8 nitrogen and oxygen atoms in total. The van der Waals surface area contributed by atoms with Gasteiger partial charge >= 0.3 is 0 Å². The molecule has 0 aliphatic carbocycles. The number of nitrogens with zero attached hydrogens (tertiary/aromatic N) is 3. The average molecular weight is 365 g/mol. The van der Waals surface area contributed by atoms with Gasteiger partial charge in [-0.15, -0.1) is 11.3 Å². The lowest BCUT2D eigenvalue weighted by Gasteiger charge is -2.16. The molecule has 1 atom stereocenters. The Morgan fingerprint density at radius 1 is 1.25 bits per heavy atom. The van der Waals surface area contributed by atoms with Gasteiger partial charge in [0, 0.05) is 14.6 Å². The summed E-state index contributed by atoms with van der Waals surface area (Å²) in [4.78, 5) is 18.6. The van der Waals surface area contributed by atoms with Crippen molar-refractivity contribution in [2.75, 3.05) is 23.7 Å². The molecule has 1 aromatic carbocycles. The lowest BCUT2D eigenvalue weighted by atomic mass is 9.91. The summed E-state index contributed by atoms with van der Waals surface area (Å²) in [5.74, 6) is -0.707. The fraction of sp³-hybridized carbons (Fsp3) is 0.143. The highest BCUT2D eigenvalue weighted by molar-refractivity contribution is 7.17. The van der Waals surface area contributed by atoms with E-state index in [4.69, 9.17) is 28.8 Å². The van der Waals surface area contributed by atoms with Gasteiger partial charge in [-0.05, 0) is 34.5 Å². The van der Waals surface area contributed by atoms with Crippen LogP contribution in [0.4, 0.5) is 17.6 Å². The third kappa shape index (κ3) is 2.91. The first-order chi connectivity index (χ1) is 11.4. The minimum atomic E-state index is -0.701. The SMILES string of the molecule is Nc1nc(N)c(C(C[N+](=O)[O-])c2csc3ccc(Cl)cc23)c(N)n1. The minimum Gasteiger partial charge on any atom is -0.383 e. The molecular weight excluding hydrogens is 352 g/mol. The Hall–Kier alpha value is -2.65. The molecule has 0 radical (unpaired) electrons. The van der Waals surface area contributed by atoms with E-state index >= 15 is 0 Å². The van der Waals surface area contributed by atoms with Crippen molar-refractivity contribution in [3.05, 3.63) is 49.8 Å². The number of halogens is 1. The number of hydrogen-bond acceptors (Lipinski definition) is 8. The van der Waals surface area contributed by atoms with Crippen LogP contribution in [-0.4, -0.2) is 21.4 Å². The van der Waals surface area contributed by atoms with E-state index in [-0.39, 0.29) is 17.6 Å². The van der Waals surface area contributed by atoms with Crippen LogP contribution in [0.3, 0.4) is 0 Å². The van der Waals surface area contributed by atoms with Crippen molar-refractivity contribution in [3.63, 3.8) is 0 Å². The van der Waals surface area contributed by atoms with Crippen LogP contribution < -0.4 is 17.2 Å². The van der Waals surface area contributed by atoms with E-state index in [1.54, 1.807) is 12.1 Å². The molecule has 0 saturated heterocycles. The van der Waals surface area contributed by atoms with Gasteiger partial charge in [-0.2, -0.15) is 9.97 Å². The summed E-state index contributed by atoms with van der Waals surface area (Å²) >= 11 is 7.53. The Morgan fingerprint density at radius 3 is 2.54 bits per heavy atom. The normalized spacial score (nSPS) is 12.4. The van der Waals surface area contributed by atoms with Gasteiger partial charge in [-0.1, -0.05) is 11.6 Å². The summed E-state index contributed by atoms with van der Waals surface area (Å²) in [5.41, 5.74) is 18.4. The Kier molecular flexibility index (Phi) is 4.12. The van der Waals surface area contributed by atoms with E-state index in [1.165, 1.54) is 11.3 Å². The van der Waals surface area contributed by atoms with Crippen LogP contribution in [0.15, 0.2) is 23.6 Å². The second-order valence-corrected chi connectivity index (χ2v) is 6.51. The highest BCUT2D eigenvalue weighted by Crippen LogP contribution is 2.39. The van der Waals surface area contributed by atoms with E-state index in [0.717, 1.165) is 10.1 Å². The van der Waals surface area contributed by atoms with Gasteiger partial charge in [0.1, 0.15) is 11.6 Å². The summed E-state index contributed by atoms with van der Waals surface area (Å²) < 4.78 is 0.955. The molecule has 0 spiro atoms. The zero-order valence-electron chi connectivity index (χ0n) is 12.3. The number of hydrogen-bond donors (Lipinski definition) is 3. The van der Waals surface area contributed by atoms with Crippen molar-refractivity contribution >= 4 is 50.6 Å². The highest BCUT2D eigenvalue weighted by Gasteiger charge is 2.29. The van der Waals surface area contributed by atoms with Crippen molar-refractivity contribution < 1.29 is 4.92 Å². The van der Waals surface area contributed by atoms with Crippen molar-refractivity contribution in [1.29, 1.82) is 0 Å². The molecular formula is C14H13ClN6O2S. The molecule has 3 rings (SSSR count). The number of anilines is 3. The topological polar surface area (TPSA) is 147 Å². The molecule has 0 bridgehead atoms. The molecule has 6 N–H and O–H groups in total. The average Bonchev–Trinajstić information content (AvgIpc) is 2.87. The van der Waals surface area contributed by atoms with Gasteiger partial charge in [-0.3, -0.25) is 10.1 Å². The number of nitro groups is 1. The first kappa shape index (κ1) is 16.2. The number of nitrogens with two attached hydrogens (primary N) is 3. The maximum Gasteiger partial charge on any atom is 0.223 e. The van der Waals surface area contributed by atoms with E-state index in [1.807, 2.05) is 11.4 Å². The number of benzene rings is 1. The fourth-order valence-corrected chi connectivity index (χ4v) is 3.83. The predicted molar refractivity (Wildman–Crippen MR) is 95.8 cm³/mol. The second kappa shape index (κ2) is 6.10. The summed E-state index contributed by atoms with van der Waals surface area (Å²) in [5, 5.41) is 14.4. The molecule has 124 valence electrons. The van der Waals surface area contributed by atoms with Gasteiger partial charge in [-0.25, -0.2) is 0 Å². The van der Waals surface area contributed by atoms with Gasteiger partial charge in [0.2, 0.25) is 12.5 Å². The van der Waals surface area contributed by atoms with E-state index in [0.29, 0.717) is 16.1 Å². The first-order valence-electron chi connectivity index (χ1n) is 6.83. The minimum absolute atomic E-state index is 0.0354. The van der Waals surface area contributed by atoms with Crippen molar-refractivity contribution in [2.24, 2.45) is 0 Å². The standard InChI is InChI=1S/C14H13ClN6O2S/c15-6-1-2-10-7(3-6)9(5-24-10)8(4-21(22)23)11-12(16)19-14(18)20-13(11)17/h1-3,5,8H,4H2,(H6,16,17,18,19,20). The van der Waals surface area contributed by atoms with Gasteiger partial charge in [0.15, 0.2) is 0 Å². The van der Waals surface area contributed by atoms with Crippen LogP contribution in [0.5, 0.6) is 0 Å². The number of thiophene rings is 1. The van der Waals surface area contributed by atoms with Crippen molar-refractivity contribution in [3.8, 4) is 0 Å². The Labute approximate surface area is 145 Å². The van der Waals surface area contributed by atoms with Crippen LogP contribution in [0, 0.1) is 10.1 Å². The van der Waals surface area contributed by atoms with Gasteiger partial charge in [0.25, 0.3) is 0 Å². The summed E-state index contributed by atoms with van der Waals surface area (Å²) in [6, 6.07) is 5.39. The number of fused-ring (bicyclic) bond motifs is 1. The van der Waals surface area contributed by atoms with Crippen LogP contribution >= 0.6 is 22.9 Å². The first-order valence-corrected chi connectivity index (χ1v) is 8.09. The van der Waals surface area contributed by atoms with Crippen LogP contribution in [0.2, 0.25) is 5.02 Å². The maximum atomic E-state index is 11.2. The molecule has 2 aromatic heterocycles. The Bertz CT molecular complexity index is 921. The number of nitrogen functional groups attached to an aromatic ring is 3. The fourth-order valence-electron chi connectivity index (χ4n) is 2.67. The monoisotopic (exact) mass is 364 g/mol. The molecule has 3 aromatic rings. The zero-order valence-corrected chi connectivity index (χ0v) is 13.8. The molecule has 0 amide bonds. The largest absolute Gasteiger partial charge is 0.383 e. The van der Waals surface area contributed by atoms with Crippen LogP contribution in [0.25, 0.3) is 10.1 Å². The van der Waals surface area contributed by atoms with Crippen molar-refractivity contribution in [2.45, 2.75) is 5.92 Å². The summed E-state index contributed by atoms with van der Waals surface area (Å²) in [6.07, 6.45) is 0. The smallest absolute Gasteiger partial charge is 0.223 e. The molecule has 24 heavy (non-hydrogen) atoms. The third-order valence-electron chi connectivity index (χ3n) is 3.64. The number of rotatable bonds is 4. The van der Waals surface area contributed by atoms with Crippen LogP contribution in [0.1, 0.15) is 17.0 Å². The molecule has 10 heteroatoms. The second-order valence-electron chi connectivity index (χ2n) is 5.17. The molecule has 0 aliphatic heterocycles. The van der Waals surface area contributed by atoms with E-state index in [9.17, 15) is 10.1 Å². The lowest BCUT2D eigenvalue weighted by Crippen LogP contribution is -2.19. The Morgan fingerprint density at radius 2 is 1.92 bits per heavy atom. The third-order valence-corrected chi connectivity index (χ3v) is 4.86. The quantitative estimate of drug-likeness (QED) is 0.475. The summed E-state index contributed by atoms with van der Waals surface area (Å²) in [6.45, 7) is -0.403. The molecule has 2 heterocycles. The van der Waals surface area contributed by atoms with Crippen molar-refractivity contribution in [1.82, 2.24) is 9.97 Å². The highest BCUT2D eigenvalue weighted by atomic mass is 35.5. The lowest BCUT2D eigenvalue weighted by molar-refractivity contribution is -0.481. The maximum absolute atomic E-state index is 11.2. The zero-order chi connectivity index (χ0) is 17.4. The van der Waals surface area contributed by atoms with Gasteiger partial charge < -0.3 is 17.2 Å². The Balaban J connectivity index is 2.24. The molecule has 0 saturated carbocycles. The van der Waals surface area contributed by atoms with E-state index in [2.05, 4.69) is 9.97 Å². The molecule has 0 aliphatic rings. The molecule has 0 fully saturated rings. The van der Waals surface area contributed by atoms with Gasteiger partial charge in [0.05, 0.1) is 11.5 Å². The predicted octanol–water partition coefficient (Wildman–Crippen LogP) is 2.50. The molecule has 1 unspecified atom stereocenters. The van der Waals surface area contributed by atoms with Crippen LogP contribution in [-0.2, 0) is 0 Å². The summed E-state index contributed by atoms with van der Waals surface area (Å²) in [7, 11) is 0. The number of aromatic nitrogens is 2.